The van der Waals surface area contributed by atoms with Gasteiger partial charge in [0.25, 0.3) is 0 Å². The predicted molar refractivity (Wildman–Crippen MR) is 59.5 cm³/mol. The molecular formula is C13H19NO. The molecule has 1 aromatic rings. The molecule has 82 valence electrons. The zero-order chi connectivity index (χ0) is 10.3. The third kappa shape index (κ3) is 1.96. The Balaban J connectivity index is 1.47. The van der Waals surface area contributed by atoms with Crippen molar-refractivity contribution < 1.29 is 4.42 Å². The van der Waals surface area contributed by atoms with Crippen LogP contribution in [0.4, 0.5) is 0 Å². The molecule has 2 aliphatic carbocycles. The third-order valence-electron chi connectivity index (χ3n) is 3.91. The maximum Gasteiger partial charge on any atom is 0.117 e. The van der Waals surface area contributed by atoms with E-state index < -0.39 is 0 Å². The standard InChI is InChI=1S/C13H19NO/c1-10-2-5-12(15-10)8-14-9-13(6-7-13)11-3-4-11/h2,5,11,14H,3-4,6-9H2,1H3. The van der Waals surface area contributed by atoms with Gasteiger partial charge in [0.15, 0.2) is 0 Å². The minimum atomic E-state index is 0.696. The second kappa shape index (κ2) is 3.38. The van der Waals surface area contributed by atoms with E-state index in [-0.39, 0.29) is 0 Å². The van der Waals surface area contributed by atoms with Crippen molar-refractivity contribution in [2.75, 3.05) is 6.54 Å². The average molecular weight is 205 g/mol. The molecule has 0 saturated heterocycles. The smallest absolute Gasteiger partial charge is 0.117 e. The first-order valence-corrected chi connectivity index (χ1v) is 6.05. The Bertz CT molecular complexity index is 347. The highest BCUT2D eigenvalue weighted by molar-refractivity contribution is 5.07. The molecule has 2 heteroatoms. The lowest BCUT2D eigenvalue weighted by molar-refractivity contribution is 0.384. The Morgan fingerprint density at radius 2 is 2.20 bits per heavy atom. The van der Waals surface area contributed by atoms with Gasteiger partial charge < -0.3 is 9.73 Å². The topological polar surface area (TPSA) is 25.2 Å². The fraction of sp³-hybridized carbons (Fsp3) is 0.692. The molecule has 2 nitrogen and oxygen atoms in total. The summed E-state index contributed by atoms with van der Waals surface area (Å²) in [6, 6.07) is 4.10. The van der Waals surface area contributed by atoms with Gasteiger partial charge in [-0.3, -0.25) is 0 Å². The Hall–Kier alpha value is -0.760. The van der Waals surface area contributed by atoms with E-state index >= 15 is 0 Å². The summed E-state index contributed by atoms with van der Waals surface area (Å²) in [4.78, 5) is 0. The molecule has 1 aromatic heterocycles. The lowest BCUT2D eigenvalue weighted by Crippen LogP contribution is -2.24. The summed E-state index contributed by atoms with van der Waals surface area (Å²) in [5, 5.41) is 3.55. The molecule has 3 rings (SSSR count). The highest BCUT2D eigenvalue weighted by Crippen LogP contribution is 2.60. The van der Waals surface area contributed by atoms with Crippen molar-refractivity contribution in [1.29, 1.82) is 0 Å². The number of furan rings is 1. The summed E-state index contributed by atoms with van der Waals surface area (Å²) in [6.07, 6.45) is 5.84. The number of rotatable bonds is 5. The first-order valence-electron chi connectivity index (χ1n) is 6.05. The SMILES string of the molecule is Cc1ccc(CNCC2(C3CC3)CC2)o1. The van der Waals surface area contributed by atoms with Gasteiger partial charge in [0.05, 0.1) is 6.54 Å². The highest BCUT2D eigenvalue weighted by Gasteiger charge is 2.53. The molecule has 2 saturated carbocycles. The molecule has 0 amide bonds. The largest absolute Gasteiger partial charge is 0.465 e. The van der Waals surface area contributed by atoms with Crippen LogP contribution in [0.25, 0.3) is 0 Å². The van der Waals surface area contributed by atoms with Crippen molar-refractivity contribution in [2.45, 2.75) is 39.2 Å². The number of hydrogen-bond acceptors (Lipinski definition) is 2. The second-order valence-electron chi connectivity index (χ2n) is 5.25. The number of aryl methyl sites for hydroxylation is 1. The van der Waals surface area contributed by atoms with Crippen LogP contribution in [0.1, 0.15) is 37.2 Å². The molecule has 0 radical (unpaired) electrons. The third-order valence-corrected chi connectivity index (χ3v) is 3.91. The molecule has 1 heterocycles. The average Bonchev–Trinajstić information content (AvgIpc) is 3.08. The Morgan fingerprint density at radius 1 is 1.40 bits per heavy atom. The van der Waals surface area contributed by atoms with Gasteiger partial charge in [-0.15, -0.1) is 0 Å². The summed E-state index contributed by atoms with van der Waals surface area (Å²) in [5.74, 6) is 3.12. The molecule has 0 aliphatic heterocycles. The van der Waals surface area contributed by atoms with Gasteiger partial charge in [0, 0.05) is 6.54 Å². The molecule has 0 aromatic carbocycles. The first-order chi connectivity index (χ1) is 7.28. The Labute approximate surface area is 91.0 Å². The maximum absolute atomic E-state index is 5.53. The summed E-state index contributed by atoms with van der Waals surface area (Å²) < 4.78 is 5.53. The van der Waals surface area contributed by atoms with Crippen LogP contribution < -0.4 is 5.32 Å². The zero-order valence-corrected chi connectivity index (χ0v) is 9.38. The molecule has 2 aliphatic rings. The Kier molecular flexibility index (Phi) is 2.13. The van der Waals surface area contributed by atoms with Gasteiger partial charge in [0.2, 0.25) is 0 Å². The molecule has 15 heavy (non-hydrogen) atoms. The van der Waals surface area contributed by atoms with Gasteiger partial charge in [0.1, 0.15) is 11.5 Å². The van der Waals surface area contributed by atoms with Crippen molar-refractivity contribution in [3.63, 3.8) is 0 Å². The molecule has 0 bridgehead atoms. The van der Waals surface area contributed by atoms with Crippen LogP contribution in [-0.2, 0) is 6.54 Å². The lowest BCUT2D eigenvalue weighted by Gasteiger charge is -2.14. The van der Waals surface area contributed by atoms with Crippen molar-refractivity contribution >= 4 is 0 Å². The molecule has 0 spiro atoms. The van der Waals surface area contributed by atoms with Crippen molar-refractivity contribution in [3.05, 3.63) is 23.7 Å². The van der Waals surface area contributed by atoms with Crippen molar-refractivity contribution in [3.8, 4) is 0 Å². The van der Waals surface area contributed by atoms with Crippen LogP contribution in [0.15, 0.2) is 16.5 Å². The van der Waals surface area contributed by atoms with E-state index in [2.05, 4.69) is 11.4 Å². The monoisotopic (exact) mass is 205 g/mol. The van der Waals surface area contributed by atoms with Crippen molar-refractivity contribution in [1.82, 2.24) is 5.32 Å². The zero-order valence-electron chi connectivity index (χ0n) is 9.38. The van der Waals surface area contributed by atoms with Gasteiger partial charge in [-0.05, 0) is 56.1 Å². The summed E-state index contributed by atoms with van der Waals surface area (Å²) in [6.45, 7) is 4.08. The lowest BCUT2D eigenvalue weighted by atomic mass is 10.0. The van der Waals surface area contributed by atoms with Gasteiger partial charge in [-0.1, -0.05) is 0 Å². The molecule has 0 unspecified atom stereocenters. The normalized spacial score (nSPS) is 23.0. The van der Waals surface area contributed by atoms with Crippen LogP contribution in [0.2, 0.25) is 0 Å². The minimum absolute atomic E-state index is 0.696. The summed E-state index contributed by atoms with van der Waals surface area (Å²) >= 11 is 0. The predicted octanol–water partition coefficient (Wildman–Crippen LogP) is 2.87. The number of hydrogen-bond donors (Lipinski definition) is 1. The number of nitrogens with one attached hydrogen (secondary N) is 1. The van der Waals surface area contributed by atoms with E-state index in [1.165, 1.54) is 32.2 Å². The maximum atomic E-state index is 5.53. The minimum Gasteiger partial charge on any atom is -0.465 e. The summed E-state index contributed by atoms with van der Waals surface area (Å²) in [7, 11) is 0. The van der Waals surface area contributed by atoms with Crippen LogP contribution in [0.5, 0.6) is 0 Å². The van der Waals surface area contributed by atoms with E-state index in [1.807, 2.05) is 13.0 Å². The summed E-state index contributed by atoms with van der Waals surface area (Å²) in [5.41, 5.74) is 0.696. The van der Waals surface area contributed by atoms with Gasteiger partial charge in [-0.25, -0.2) is 0 Å². The quantitative estimate of drug-likeness (QED) is 0.799. The Morgan fingerprint density at radius 3 is 2.73 bits per heavy atom. The molecular weight excluding hydrogens is 186 g/mol. The first kappa shape index (κ1) is 9.46. The van der Waals surface area contributed by atoms with E-state index in [0.29, 0.717) is 5.41 Å². The van der Waals surface area contributed by atoms with E-state index in [4.69, 9.17) is 4.42 Å². The van der Waals surface area contributed by atoms with Gasteiger partial charge in [-0.2, -0.15) is 0 Å². The highest BCUT2D eigenvalue weighted by atomic mass is 16.3. The van der Waals surface area contributed by atoms with Gasteiger partial charge >= 0.3 is 0 Å². The second-order valence-corrected chi connectivity index (χ2v) is 5.25. The van der Waals surface area contributed by atoms with Crippen LogP contribution >= 0.6 is 0 Å². The van der Waals surface area contributed by atoms with E-state index in [9.17, 15) is 0 Å². The molecule has 1 N–H and O–H groups in total. The molecule has 2 fully saturated rings. The van der Waals surface area contributed by atoms with E-state index in [0.717, 1.165) is 24.0 Å². The molecule has 0 atom stereocenters. The van der Waals surface area contributed by atoms with Crippen molar-refractivity contribution in [2.24, 2.45) is 11.3 Å². The van der Waals surface area contributed by atoms with Crippen LogP contribution in [0.3, 0.4) is 0 Å². The fourth-order valence-electron chi connectivity index (χ4n) is 2.60. The van der Waals surface area contributed by atoms with Crippen LogP contribution in [-0.4, -0.2) is 6.54 Å². The van der Waals surface area contributed by atoms with E-state index in [1.54, 1.807) is 0 Å². The van der Waals surface area contributed by atoms with Crippen LogP contribution in [0, 0.1) is 18.3 Å². The fourth-order valence-corrected chi connectivity index (χ4v) is 2.60.